The van der Waals surface area contributed by atoms with Gasteiger partial charge in [-0.3, -0.25) is 25.2 Å². The normalized spacial score (nSPS) is 11.2. The van der Waals surface area contributed by atoms with Gasteiger partial charge in [-0.1, -0.05) is 19.1 Å². The number of carbonyl (C=O) groups is 3. The lowest BCUT2D eigenvalue weighted by molar-refractivity contribution is -0.128. The first kappa shape index (κ1) is 20.0. The Balaban J connectivity index is 1.84. The Morgan fingerprint density at radius 1 is 0.963 bits per heavy atom. The number of carbonyl (C=O) groups excluding carboxylic acids is 3. The molecule has 0 saturated heterocycles. The van der Waals surface area contributed by atoms with E-state index in [-0.39, 0.29) is 5.91 Å². The van der Waals surface area contributed by atoms with E-state index in [1.807, 2.05) is 12.1 Å². The molecule has 7 nitrogen and oxygen atoms in total. The van der Waals surface area contributed by atoms with Crippen molar-refractivity contribution in [1.82, 2.24) is 10.9 Å². The summed E-state index contributed by atoms with van der Waals surface area (Å²) in [6.45, 7) is 5.05. The van der Waals surface area contributed by atoms with Gasteiger partial charge in [-0.2, -0.15) is 0 Å². The van der Waals surface area contributed by atoms with Crippen LogP contribution < -0.4 is 20.9 Å². The molecule has 1 atom stereocenters. The molecule has 0 aromatic heterocycles. The summed E-state index contributed by atoms with van der Waals surface area (Å²) in [6, 6.07) is 13.8. The van der Waals surface area contributed by atoms with Crippen LogP contribution in [-0.4, -0.2) is 23.8 Å². The number of hydrogen-bond donors (Lipinski definition) is 3. The molecule has 2 aromatic carbocycles. The number of ether oxygens (including phenoxy) is 1. The molecular weight excluding hydrogens is 346 g/mol. The van der Waals surface area contributed by atoms with Crippen LogP contribution in [0, 0.1) is 0 Å². The summed E-state index contributed by atoms with van der Waals surface area (Å²) in [5, 5.41) is 2.61. The predicted octanol–water partition coefficient (Wildman–Crippen LogP) is 2.44. The van der Waals surface area contributed by atoms with Gasteiger partial charge in [0, 0.05) is 18.2 Å². The fourth-order valence-electron chi connectivity index (χ4n) is 2.26. The van der Waals surface area contributed by atoms with E-state index in [2.05, 4.69) is 23.1 Å². The second-order valence-corrected chi connectivity index (χ2v) is 5.96. The largest absolute Gasteiger partial charge is 0.481 e. The van der Waals surface area contributed by atoms with Crippen molar-refractivity contribution in [2.24, 2.45) is 0 Å². The molecule has 1 unspecified atom stereocenters. The van der Waals surface area contributed by atoms with E-state index in [0.29, 0.717) is 17.0 Å². The molecule has 3 N–H and O–H groups in total. The molecule has 0 aliphatic heterocycles. The minimum atomic E-state index is -0.778. The summed E-state index contributed by atoms with van der Waals surface area (Å²) in [5.74, 6) is -0.567. The molecule has 0 saturated carbocycles. The number of aryl methyl sites for hydroxylation is 1. The van der Waals surface area contributed by atoms with Crippen molar-refractivity contribution in [2.45, 2.75) is 33.3 Å². The van der Waals surface area contributed by atoms with Gasteiger partial charge >= 0.3 is 0 Å². The number of nitrogens with one attached hydrogen (secondary N) is 3. The van der Waals surface area contributed by atoms with E-state index in [9.17, 15) is 14.4 Å². The number of rotatable bonds is 6. The van der Waals surface area contributed by atoms with Crippen molar-refractivity contribution in [3.05, 3.63) is 59.7 Å². The van der Waals surface area contributed by atoms with Gasteiger partial charge in [-0.05, 0) is 55.3 Å². The molecule has 0 radical (unpaired) electrons. The van der Waals surface area contributed by atoms with Gasteiger partial charge in [0.15, 0.2) is 6.10 Å². The second kappa shape index (κ2) is 9.38. The van der Waals surface area contributed by atoms with E-state index >= 15 is 0 Å². The minimum Gasteiger partial charge on any atom is -0.481 e. The summed E-state index contributed by atoms with van der Waals surface area (Å²) in [4.78, 5) is 35.1. The quantitative estimate of drug-likeness (QED) is 0.682. The molecule has 27 heavy (non-hydrogen) atoms. The first-order valence-corrected chi connectivity index (χ1v) is 8.62. The van der Waals surface area contributed by atoms with Crippen LogP contribution in [0.5, 0.6) is 5.75 Å². The SMILES string of the molecule is CCc1ccc(OC(C)C(=O)NNC(=O)c2ccc(NC(C)=O)cc2)cc1. The first-order valence-electron chi connectivity index (χ1n) is 8.62. The van der Waals surface area contributed by atoms with Crippen LogP contribution in [0.25, 0.3) is 0 Å². The fourth-order valence-corrected chi connectivity index (χ4v) is 2.26. The monoisotopic (exact) mass is 369 g/mol. The molecule has 0 heterocycles. The third kappa shape index (κ3) is 6.14. The molecule has 3 amide bonds. The Labute approximate surface area is 158 Å². The smallest absolute Gasteiger partial charge is 0.279 e. The van der Waals surface area contributed by atoms with E-state index < -0.39 is 17.9 Å². The highest BCUT2D eigenvalue weighted by atomic mass is 16.5. The molecular formula is C20H23N3O4. The van der Waals surface area contributed by atoms with Crippen molar-refractivity contribution in [3.63, 3.8) is 0 Å². The zero-order valence-electron chi connectivity index (χ0n) is 15.5. The number of hydrogen-bond acceptors (Lipinski definition) is 4. The lowest BCUT2D eigenvalue weighted by Crippen LogP contribution is -2.47. The molecule has 0 aliphatic carbocycles. The van der Waals surface area contributed by atoms with Gasteiger partial charge in [-0.15, -0.1) is 0 Å². The zero-order valence-corrected chi connectivity index (χ0v) is 15.5. The number of amides is 3. The number of anilines is 1. The van der Waals surface area contributed by atoms with Gasteiger partial charge in [0.1, 0.15) is 5.75 Å². The summed E-state index contributed by atoms with van der Waals surface area (Å²) >= 11 is 0. The van der Waals surface area contributed by atoms with Gasteiger partial charge in [0.2, 0.25) is 5.91 Å². The molecule has 2 aromatic rings. The Morgan fingerprint density at radius 3 is 2.15 bits per heavy atom. The van der Waals surface area contributed by atoms with Gasteiger partial charge in [0.25, 0.3) is 11.8 Å². The van der Waals surface area contributed by atoms with Crippen LogP contribution >= 0.6 is 0 Å². The van der Waals surface area contributed by atoms with Crippen molar-refractivity contribution in [1.29, 1.82) is 0 Å². The molecule has 0 aliphatic rings. The predicted molar refractivity (Wildman–Crippen MR) is 102 cm³/mol. The second-order valence-electron chi connectivity index (χ2n) is 5.96. The third-order valence-corrected chi connectivity index (χ3v) is 3.78. The number of hydrazine groups is 1. The van der Waals surface area contributed by atoms with Crippen LogP contribution in [-0.2, 0) is 16.0 Å². The third-order valence-electron chi connectivity index (χ3n) is 3.78. The summed E-state index contributed by atoms with van der Waals surface area (Å²) < 4.78 is 5.56. The Hall–Kier alpha value is -3.35. The Bertz CT molecular complexity index is 801. The average molecular weight is 369 g/mol. The highest BCUT2D eigenvalue weighted by molar-refractivity contribution is 5.96. The van der Waals surface area contributed by atoms with Gasteiger partial charge < -0.3 is 10.1 Å². The summed E-state index contributed by atoms with van der Waals surface area (Å²) in [7, 11) is 0. The van der Waals surface area contributed by atoms with Crippen LogP contribution in [0.15, 0.2) is 48.5 Å². The Kier molecular flexibility index (Phi) is 6.93. The molecule has 0 spiro atoms. The molecule has 142 valence electrons. The standard InChI is InChI=1S/C20H23N3O4/c1-4-15-5-11-18(12-6-15)27-13(2)19(25)22-23-20(26)16-7-9-17(10-8-16)21-14(3)24/h5-13H,4H2,1-3H3,(H,21,24)(H,22,25)(H,23,26). The molecule has 2 rings (SSSR count). The van der Waals surface area contributed by atoms with Crippen LogP contribution in [0.3, 0.4) is 0 Å². The van der Waals surface area contributed by atoms with Crippen LogP contribution in [0.1, 0.15) is 36.7 Å². The minimum absolute atomic E-state index is 0.196. The van der Waals surface area contributed by atoms with Gasteiger partial charge in [0.05, 0.1) is 0 Å². The molecule has 0 fully saturated rings. The lowest BCUT2D eigenvalue weighted by Gasteiger charge is -2.15. The number of benzene rings is 2. The maximum atomic E-state index is 12.1. The molecule has 0 bridgehead atoms. The Morgan fingerprint density at radius 2 is 1.59 bits per heavy atom. The van der Waals surface area contributed by atoms with E-state index in [1.165, 1.54) is 12.5 Å². The van der Waals surface area contributed by atoms with Crippen molar-refractivity contribution in [2.75, 3.05) is 5.32 Å². The topological polar surface area (TPSA) is 96.5 Å². The zero-order chi connectivity index (χ0) is 19.8. The van der Waals surface area contributed by atoms with E-state index in [1.54, 1.807) is 43.3 Å². The lowest BCUT2D eigenvalue weighted by atomic mass is 10.2. The van der Waals surface area contributed by atoms with Crippen LogP contribution in [0.2, 0.25) is 0 Å². The maximum Gasteiger partial charge on any atom is 0.279 e. The van der Waals surface area contributed by atoms with Gasteiger partial charge in [-0.25, -0.2) is 0 Å². The van der Waals surface area contributed by atoms with Crippen molar-refractivity contribution in [3.8, 4) is 5.75 Å². The fraction of sp³-hybridized carbons (Fsp3) is 0.250. The van der Waals surface area contributed by atoms with E-state index in [4.69, 9.17) is 4.74 Å². The average Bonchev–Trinajstić information content (AvgIpc) is 2.66. The highest BCUT2D eigenvalue weighted by Gasteiger charge is 2.16. The summed E-state index contributed by atoms with van der Waals surface area (Å²) in [6.07, 6.45) is 0.147. The molecule has 7 heteroatoms. The van der Waals surface area contributed by atoms with E-state index in [0.717, 1.165) is 6.42 Å². The first-order chi connectivity index (χ1) is 12.9. The highest BCUT2D eigenvalue weighted by Crippen LogP contribution is 2.14. The van der Waals surface area contributed by atoms with Crippen LogP contribution in [0.4, 0.5) is 5.69 Å². The summed E-state index contributed by atoms with van der Waals surface area (Å²) in [5.41, 5.74) is 6.78. The van der Waals surface area contributed by atoms with Crippen molar-refractivity contribution < 1.29 is 19.1 Å². The van der Waals surface area contributed by atoms with Crippen molar-refractivity contribution >= 4 is 23.4 Å². The maximum absolute atomic E-state index is 12.1.